The van der Waals surface area contributed by atoms with Gasteiger partial charge >= 0.3 is 12.1 Å². The van der Waals surface area contributed by atoms with E-state index in [1.54, 1.807) is 41.5 Å². The summed E-state index contributed by atoms with van der Waals surface area (Å²) in [5, 5.41) is 5.23. The maximum Gasteiger partial charge on any atom is 0.408 e. The van der Waals surface area contributed by atoms with Crippen molar-refractivity contribution in [2.24, 2.45) is 0 Å². The molecule has 0 radical (unpaired) electrons. The van der Waals surface area contributed by atoms with Gasteiger partial charge in [-0.1, -0.05) is 6.92 Å². The maximum atomic E-state index is 12.2. The van der Waals surface area contributed by atoms with E-state index in [0.717, 1.165) is 6.42 Å². The molecule has 0 rings (SSSR count). The van der Waals surface area contributed by atoms with Gasteiger partial charge in [-0.05, 0) is 54.4 Å². The molecule has 0 aromatic heterocycles. The lowest BCUT2D eigenvalue weighted by molar-refractivity contribution is -0.155. The fourth-order valence-corrected chi connectivity index (χ4v) is 1.74. The predicted molar refractivity (Wildman–Crippen MR) is 91.5 cm³/mol. The van der Waals surface area contributed by atoms with E-state index in [9.17, 15) is 14.4 Å². The SMILES string of the molecule is CCCNC(=O)[C@H](CCC(=O)OC(C)(C)C)NC(=O)OC(C)(C)C. The Labute approximate surface area is 144 Å². The van der Waals surface area contributed by atoms with Crippen LogP contribution in [0.2, 0.25) is 0 Å². The minimum atomic E-state index is -0.848. The van der Waals surface area contributed by atoms with Crippen molar-refractivity contribution in [1.82, 2.24) is 10.6 Å². The first-order chi connectivity index (χ1) is 10.8. The average molecular weight is 344 g/mol. The van der Waals surface area contributed by atoms with Gasteiger partial charge in [0.25, 0.3) is 0 Å². The molecule has 0 bridgehead atoms. The fourth-order valence-electron chi connectivity index (χ4n) is 1.74. The third-order valence-corrected chi connectivity index (χ3v) is 2.61. The highest BCUT2D eigenvalue weighted by Gasteiger charge is 2.26. The lowest BCUT2D eigenvalue weighted by Gasteiger charge is -2.24. The van der Waals surface area contributed by atoms with Gasteiger partial charge < -0.3 is 20.1 Å². The molecule has 0 unspecified atom stereocenters. The van der Waals surface area contributed by atoms with E-state index in [4.69, 9.17) is 9.47 Å². The van der Waals surface area contributed by atoms with Crippen LogP contribution in [-0.4, -0.2) is 41.8 Å². The van der Waals surface area contributed by atoms with Gasteiger partial charge in [0.2, 0.25) is 5.91 Å². The van der Waals surface area contributed by atoms with Crippen LogP contribution >= 0.6 is 0 Å². The van der Waals surface area contributed by atoms with Crippen LogP contribution in [0.4, 0.5) is 4.79 Å². The summed E-state index contributed by atoms with van der Waals surface area (Å²) in [5.74, 6) is -0.756. The highest BCUT2D eigenvalue weighted by atomic mass is 16.6. The molecule has 140 valence electrons. The van der Waals surface area contributed by atoms with Crippen LogP contribution in [0.15, 0.2) is 0 Å². The molecule has 0 aliphatic carbocycles. The van der Waals surface area contributed by atoms with E-state index in [1.165, 1.54) is 0 Å². The molecule has 0 aromatic rings. The zero-order valence-corrected chi connectivity index (χ0v) is 15.9. The summed E-state index contributed by atoms with van der Waals surface area (Å²) in [4.78, 5) is 35.9. The summed E-state index contributed by atoms with van der Waals surface area (Å²) in [5.41, 5.74) is -1.25. The van der Waals surface area contributed by atoms with Crippen LogP contribution in [0.3, 0.4) is 0 Å². The van der Waals surface area contributed by atoms with Gasteiger partial charge in [-0.15, -0.1) is 0 Å². The molecular formula is C17H32N2O5. The summed E-state index contributed by atoms with van der Waals surface area (Å²) in [7, 11) is 0. The Morgan fingerprint density at radius 2 is 1.50 bits per heavy atom. The van der Waals surface area contributed by atoms with Gasteiger partial charge in [-0.3, -0.25) is 9.59 Å². The Morgan fingerprint density at radius 1 is 0.958 bits per heavy atom. The molecule has 0 saturated heterocycles. The van der Waals surface area contributed by atoms with Crippen molar-refractivity contribution in [3.05, 3.63) is 0 Å². The number of carbonyl (C=O) groups is 3. The van der Waals surface area contributed by atoms with Crippen molar-refractivity contribution in [1.29, 1.82) is 0 Å². The maximum absolute atomic E-state index is 12.2. The smallest absolute Gasteiger partial charge is 0.408 e. The molecule has 0 saturated carbocycles. The molecular weight excluding hydrogens is 312 g/mol. The van der Waals surface area contributed by atoms with Crippen LogP contribution in [0.1, 0.15) is 67.7 Å². The Bertz CT molecular complexity index is 435. The minimum Gasteiger partial charge on any atom is -0.460 e. The number of rotatable bonds is 7. The van der Waals surface area contributed by atoms with Gasteiger partial charge in [0.1, 0.15) is 17.2 Å². The predicted octanol–water partition coefficient (Wildman–Crippen LogP) is 2.53. The van der Waals surface area contributed by atoms with E-state index in [2.05, 4.69) is 10.6 Å². The summed E-state index contributed by atoms with van der Waals surface area (Å²) in [6.07, 6.45) is 0.251. The zero-order valence-electron chi connectivity index (χ0n) is 15.9. The Hall–Kier alpha value is -1.79. The Morgan fingerprint density at radius 3 is 1.96 bits per heavy atom. The quantitative estimate of drug-likeness (QED) is 0.692. The number of alkyl carbamates (subject to hydrolysis) is 1. The molecule has 0 fully saturated rings. The number of hydrogen-bond acceptors (Lipinski definition) is 5. The van der Waals surface area contributed by atoms with E-state index in [-0.39, 0.29) is 18.7 Å². The molecule has 1 atom stereocenters. The third kappa shape index (κ3) is 11.7. The second kappa shape index (κ2) is 9.49. The summed E-state index contributed by atoms with van der Waals surface area (Å²) < 4.78 is 10.4. The van der Waals surface area contributed by atoms with Crippen molar-refractivity contribution in [3.63, 3.8) is 0 Å². The minimum absolute atomic E-state index is 0.0251. The fraction of sp³-hybridized carbons (Fsp3) is 0.824. The summed E-state index contributed by atoms with van der Waals surface area (Å²) >= 11 is 0. The summed E-state index contributed by atoms with van der Waals surface area (Å²) in [6.45, 7) is 13.0. The topological polar surface area (TPSA) is 93.7 Å². The lowest BCUT2D eigenvalue weighted by Crippen LogP contribution is -2.48. The molecule has 2 N–H and O–H groups in total. The van der Waals surface area contributed by atoms with Crippen molar-refractivity contribution < 1.29 is 23.9 Å². The van der Waals surface area contributed by atoms with E-state index in [0.29, 0.717) is 6.54 Å². The zero-order chi connectivity index (χ0) is 19.0. The van der Waals surface area contributed by atoms with Crippen LogP contribution in [0.25, 0.3) is 0 Å². The Kier molecular flexibility index (Phi) is 8.78. The van der Waals surface area contributed by atoms with Crippen LogP contribution in [0.5, 0.6) is 0 Å². The van der Waals surface area contributed by atoms with E-state index >= 15 is 0 Å². The molecule has 0 aliphatic heterocycles. The number of hydrogen-bond donors (Lipinski definition) is 2. The van der Waals surface area contributed by atoms with Crippen molar-refractivity contribution >= 4 is 18.0 Å². The van der Waals surface area contributed by atoms with Gasteiger partial charge in [0.05, 0.1) is 0 Å². The van der Waals surface area contributed by atoms with Crippen LogP contribution < -0.4 is 10.6 Å². The average Bonchev–Trinajstić information content (AvgIpc) is 2.36. The third-order valence-electron chi connectivity index (χ3n) is 2.61. The van der Waals surface area contributed by atoms with Gasteiger partial charge in [0.15, 0.2) is 0 Å². The highest BCUT2D eigenvalue weighted by Crippen LogP contribution is 2.11. The molecule has 2 amide bonds. The van der Waals surface area contributed by atoms with Crippen molar-refractivity contribution in [2.75, 3.05) is 6.54 Å². The molecule has 0 aliphatic rings. The molecule has 7 heteroatoms. The molecule has 0 spiro atoms. The Balaban J connectivity index is 4.72. The first-order valence-electron chi connectivity index (χ1n) is 8.33. The number of carbonyl (C=O) groups excluding carboxylic acids is 3. The van der Waals surface area contributed by atoms with Crippen LogP contribution in [0, 0.1) is 0 Å². The lowest BCUT2D eigenvalue weighted by atomic mass is 10.1. The molecule has 0 aromatic carbocycles. The summed E-state index contributed by atoms with van der Waals surface area (Å²) in [6, 6.07) is -0.848. The first kappa shape index (κ1) is 22.2. The van der Waals surface area contributed by atoms with Gasteiger partial charge in [-0.25, -0.2) is 4.79 Å². The second-order valence-corrected chi connectivity index (χ2v) is 7.61. The number of ether oxygens (including phenoxy) is 2. The first-order valence-corrected chi connectivity index (χ1v) is 8.33. The van der Waals surface area contributed by atoms with Crippen molar-refractivity contribution in [3.8, 4) is 0 Å². The van der Waals surface area contributed by atoms with Gasteiger partial charge in [0, 0.05) is 13.0 Å². The monoisotopic (exact) mass is 344 g/mol. The molecule has 0 heterocycles. The normalized spacial score (nSPS) is 13.0. The van der Waals surface area contributed by atoms with E-state index in [1.807, 2.05) is 6.92 Å². The number of nitrogens with one attached hydrogen (secondary N) is 2. The highest BCUT2D eigenvalue weighted by molar-refractivity contribution is 5.86. The largest absolute Gasteiger partial charge is 0.460 e. The standard InChI is InChI=1S/C17H32N2O5/c1-8-11-18-14(21)12(19-15(22)24-17(5,6)7)9-10-13(20)23-16(2,3)4/h12H,8-11H2,1-7H3,(H,18,21)(H,19,22)/t12-/m0/s1. The number of esters is 1. The molecule has 7 nitrogen and oxygen atoms in total. The van der Waals surface area contributed by atoms with E-state index < -0.39 is 29.3 Å². The number of amides is 2. The second-order valence-electron chi connectivity index (χ2n) is 7.61. The molecule has 24 heavy (non-hydrogen) atoms. The van der Waals surface area contributed by atoms with Crippen molar-refractivity contribution in [2.45, 2.75) is 85.0 Å². The van der Waals surface area contributed by atoms with Crippen LogP contribution in [-0.2, 0) is 19.1 Å². The van der Waals surface area contributed by atoms with Gasteiger partial charge in [-0.2, -0.15) is 0 Å².